The van der Waals surface area contributed by atoms with Gasteiger partial charge in [-0.3, -0.25) is 4.79 Å². The maximum absolute atomic E-state index is 11.8. The highest BCUT2D eigenvalue weighted by Crippen LogP contribution is 2.28. The Morgan fingerprint density at radius 2 is 1.61 bits per heavy atom. The van der Waals surface area contributed by atoms with Crippen LogP contribution in [0.25, 0.3) is 33.5 Å². The number of anilines is 1. The number of H-pyrrole nitrogens is 1. The third-order valence-corrected chi connectivity index (χ3v) is 6.50. The molecule has 1 saturated heterocycles. The largest absolute Gasteiger partial charge is 0.484 e. The number of aromatic nitrogens is 2. The van der Waals surface area contributed by atoms with E-state index in [2.05, 4.69) is 69.6 Å². The second kappa shape index (κ2) is 10.4. The van der Waals surface area contributed by atoms with E-state index in [1.807, 2.05) is 38.1 Å². The summed E-state index contributed by atoms with van der Waals surface area (Å²) in [6.07, 6.45) is 0. The average Bonchev–Trinajstić information content (AvgIpc) is 3.31. The van der Waals surface area contributed by atoms with E-state index >= 15 is 0 Å². The number of hydrogen-bond donors (Lipinski definition) is 2. The summed E-state index contributed by atoms with van der Waals surface area (Å²) in [4.78, 5) is 24.8. The van der Waals surface area contributed by atoms with Gasteiger partial charge in [0.1, 0.15) is 11.6 Å². The van der Waals surface area contributed by atoms with Gasteiger partial charge in [0.2, 0.25) is 0 Å². The summed E-state index contributed by atoms with van der Waals surface area (Å²) >= 11 is 0. The van der Waals surface area contributed by atoms with Crippen LogP contribution in [-0.4, -0.2) is 66.7 Å². The van der Waals surface area contributed by atoms with Crippen LogP contribution < -0.4 is 15.0 Å². The number of benzene rings is 3. The molecule has 0 atom stereocenters. The molecular formula is C29H33N5O2. The minimum Gasteiger partial charge on any atom is -0.484 e. The van der Waals surface area contributed by atoms with E-state index in [1.54, 1.807) is 0 Å². The molecule has 7 heteroatoms. The Hall–Kier alpha value is -3.84. The van der Waals surface area contributed by atoms with E-state index in [0.717, 1.165) is 54.2 Å². The van der Waals surface area contributed by atoms with Gasteiger partial charge < -0.3 is 24.8 Å². The first kappa shape index (κ1) is 23.9. The van der Waals surface area contributed by atoms with Gasteiger partial charge in [0.15, 0.2) is 6.61 Å². The zero-order valence-electron chi connectivity index (χ0n) is 21.1. The molecule has 36 heavy (non-hydrogen) atoms. The van der Waals surface area contributed by atoms with Crippen LogP contribution in [0.2, 0.25) is 0 Å². The lowest BCUT2D eigenvalue weighted by Crippen LogP contribution is -2.44. The normalized spacial score (nSPS) is 14.4. The van der Waals surface area contributed by atoms with Crippen LogP contribution in [-0.2, 0) is 4.79 Å². The molecule has 3 aromatic carbocycles. The molecule has 0 saturated carbocycles. The number of nitrogens with one attached hydrogen (secondary N) is 2. The number of imidazole rings is 1. The number of amides is 1. The van der Waals surface area contributed by atoms with Crippen molar-refractivity contribution >= 4 is 22.6 Å². The second-order valence-corrected chi connectivity index (χ2v) is 9.69. The lowest BCUT2D eigenvalue weighted by Gasteiger charge is -2.34. The van der Waals surface area contributed by atoms with Crippen molar-refractivity contribution in [2.45, 2.75) is 19.9 Å². The summed E-state index contributed by atoms with van der Waals surface area (Å²) in [5.74, 6) is 1.32. The van der Waals surface area contributed by atoms with E-state index in [1.165, 1.54) is 11.3 Å². The predicted molar refractivity (Wildman–Crippen MR) is 145 cm³/mol. The van der Waals surface area contributed by atoms with Crippen molar-refractivity contribution < 1.29 is 9.53 Å². The molecule has 2 heterocycles. The fourth-order valence-corrected chi connectivity index (χ4v) is 4.48. The molecule has 1 aromatic heterocycles. The summed E-state index contributed by atoms with van der Waals surface area (Å²) in [7, 11) is 2.18. The summed E-state index contributed by atoms with van der Waals surface area (Å²) < 4.78 is 5.59. The Morgan fingerprint density at radius 3 is 2.31 bits per heavy atom. The first-order chi connectivity index (χ1) is 17.4. The van der Waals surface area contributed by atoms with Crippen molar-refractivity contribution in [3.63, 3.8) is 0 Å². The van der Waals surface area contributed by atoms with Crippen LogP contribution in [0.4, 0.5) is 5.69 Å². The molecule has 2 N–H and O–H groups in total. The average molecular weight is 484 g/mol. The van der Waals surface area contributed by atoms with Crippen LogP contribution in [0.15, 0.2) is 66.7 Å². The first-order valence-electron chi connectivity index (χ1n) is 12.5. The number of ether oxygens (including phenoxy) is 1. The van der Waals surface area contributed by atoms with Gasteiger partial charge >= 0.3 is 0 Å². The van der Waals surface area contributed by atoms with Crippen LogP contribution in [0.5, 0.6) is 5.75 Å². The number of carbonyl (C=O) groups is 1. The summed E-state index contributed by atoms with van der Waals surface area (Å²) in [5, 5.41) is 2.82. The number of rotatable bonds is 7. The molecule has 0 bridgehead atoms. The van der Waals surface area contributed by atoms with E-state index in [0.29, 0.717) is 5.75 Å². The van der Waals surface area contributed by atoms with Gasteiger partial charge in [-0.25, -0.2) is 4.98 Å². The molecule has 0 aliphatic carbocycles. The molecule has 186 valence electrons. The van der Waals surface area contributed by atoms with Gasteiger partial charge in [0.25, 0.3) is 5.91 Å². The second-order valence-electron chi connectivity index (χ2n) is 9.69. The number of piperazine rings is 1. The number of likely N-dealkylation sites (N-methyl/N-ethyl adjacent to an activating group) is 1. The van der Waals surface area contributed by atoms with Crippen LogP contribution in [0, 0.1) is 0 Å². The van der Waals surface area contributed by atoms with Gasteiger partial charge in [0.05, 0.1) is 11.0 Å². The van der Waals surface area contributed by atoms with Crippen molar-refractivity contribution in [2.75, 3.05) is 44.7 Å². The molecule has 0 unspecified atom stereocenters. The summed E-state index contributed by atoms with van der Waals surface area (Å²) in [6.45, 7) is 8.19. The number of fused-ring (bicyclic) bond motifs is 1. The zero-order valence-corrected chi connectivity index (χ0v) is 21.1. The van der Waals surface area contributed by atoms with Crippen LogP contribution in [0.3, 0.4) is 0 Å². The molecule has 1 aliphatic rings. The van der Waals surface area contributed by atoms with Crippen LogP contribution >= 0.6 is 0 Å². The van der Waals surface area contributed by atoms with E-state index in [9.17, 15) is 4.79 Å². The van der Waals surface area contributed by atoms with Crippen LogP contribution in [0.1, 0.15) is 13.8 Å². The lowest BCUT2D eigenvalue weighted by molar-refractivity contribution is -0.123. The van der Waals surface area contributed by atoms with E-state index in [4.69, 9.17) is 9.72 Å². The van der Waals surface area contributed by atoms with Crippen molar-refractivity contribution in [3.05, 3.63) is 66.7 Å². The third-order valence-electron chi connectivity index (χ3n) is 6.50. The van der Waals surface area contributed by atoms with Gasteiger partial charge in [-0.05, 0) is 80.6 Å². The molecule has 0 radical (unpaired) electrons. The number of aromatic amines is 1. The summed E-state index contributed by atoms with van der Waals surface area (Å²) in [6, 6.07) is 22.9. The predicted octanol–water partition coefficient (Wildman–Crippen LogP) is 4.55. The van der Waals surface area contributed by atoms with Gasteiger partial charge in [-0.1, -0.05) is 18.2 Å². The topological polar surface area (TPSA) is 73.5 Å². The highest BCUT2D eigenvalue weighted by Gasteiger charge is 2.14. The Labute approximate surface area is 212 Å². The molecule has 4 aromatic rings. The van der Waals surface area contributed by atoms with Crippen molar-refractivity contribution in [2.24, 2.45) is 0 Å². The Kier molecular flexibility index (Phi) is 6.91. The molecule has 1 fully saturated rings. The van der Waals surface area contributed by atoms with Crippen molar-refractivity contribution in [1.82, 2.24) is 20.2 Å². The maximum atomic E-state index is 11.8. The smallest absolute Gasteiger partial charge is 0.258 e. The SMILES string of the molecule is CC(C)NC(=O)COc1ccc(-c2nc3ccc(-c4ccc(N5CCN(C)CC5)cc4)cc3[nH]2)cc1. The quantitative estimate of drug-likeness (QED) is 0.403. The Balaban J connectivity index is 1.27. The van der Waals surface area contributed by atoms with Crippen molar-refractivity contribution in [1.29, 1.82) is 0 Å². The van der Waals surface area contributed by atoms with Gasteiger partial charge in [-0.15, -0.1) is 0 Å². The first-order valence-corrected chi connectivity index (χ1v) is 12.5. The molecule has 1 aliphatic heterocycles. The minimum absolute atomic E-state index is 0.00129. The molecule has 7 nitrogen and oxygen atoms in total. The lowest BCUT2D eigenvalue weighted by atomic mass is 10.0. The van der Waals surface area contributed by atoms with Crippen molar-refractivity contribution in [3.8, 4) is 28.3 Å². The third kappa shape index (κ3) is 5.52. The standard InChI is InChI=1S/C29H33N5O2/c1-20(2)30-28(35)19-36-25-11-6-22(7-12-25)29-31-26-13-8-23(18-27(26)32-29)21-4-9-24(10-5-21)34-16-14-33(3)15-17-34/h4-13,18,20H,14-17,19H2,1-3H3,(H,30,35)(H,31,32). The fraction of sp³-hybridized carbons (Fsp3) is 0.310. The number of hydrogen-bond acceptors (Lipinski definition) is 5. The van der Waals surface area contributed by atoms with E-state index < -0.39 is 0 Å². The number of nitrogens with zero attached hydrogens (tertiary/aromatic N) is 3. The van der Waals surface area contributed by atoms with E-state index in [-0.39, 0.29) is 18.6 Å². The highest BCUT2D eigenvalue weighted by molar-refractivity contribution is 5.85. The number of carbonyl (C=O) groups excluding carboxylic acids is 1. The van der Waals surface area contributed by atoms with Gasteiger partial charge in [-0.2, -0.15) is 0 Å². The molecule has 0 spiro atoms. The fourth-order valence-electron chi connectivity index (χ4n) is 4.48. The maximum Gasteiger partial charge on any atom is 0.258 e. The molecular weight excluding hydrogens is 450 g/mol. The molecule has 1 amide bonds. The zero-order chi connectivity index (χ0) is 25.1. The highest BCUT2D eigenvalue weighted by atomic mass is 16.5. The molecule has 5 rings (SSSR count). The Bertz CT molecular complexity index is 1320. The van der Waals surface area contributed by atoms with Gasteiger partial charge in [0, 0.05) is 43.5 Å². The minimum atomic E-state index is -0.129. The summed E-state index contributed by atoms with van der Waals surface area (Å²) in [5.41, 5.74) is 6.51. The monoisotopic (exact) mass is 483 g/mol. The Morgan fingerprint density at radius 1 is 0.944 bits per heavy atom.